The average molecular weight is 321 g/mol. The fourth-order valence-corrected chi connectivity index (χ4v) is 3.42. The monoisotopic (exact) mass is 321 g/mol. The van der Waals surface area contributed by atoms with Gasteiger partial charge in [0.25, 0.3) is 0 Å². The molecule has 0 saturated heterocycles. The molecule has 6 nitrogen and oxygen atoms in total. The van der Waals surface area contributed by atoms with Crippen LogP contribution in [-0.2, 0) is 32.2 Å². The lowest BCUT2D eigenvalue weighted by Gasteiger charge is -2.16. The maximum absolute atomic E-state index is 12.1. The first kappa shape index (κ1) is 17.1. The van der Waals surface area contributed by atoms with Gasteiger partial charge in [-0.25, -0.2) is 21.1 Å². The third-order valence-corrected chi connectivity index (χ3v) is 5.56. The SMILES string of the molecule is CN(CCS(C)(=O)=O)S(=O)(=O)Cc1ccc(CO)cc1. The van der Waals surface area contributed by atoms with Crippen molar-refractivity contribution in [1.82, 2.24) is 4.31 Å². The van der Waals surface area contributed by atoms with Crippen LogP contribution in [0.1, 0.15) is 11.1 Å². The van der Waals surface area contributed by atoms with Gasteiger partial charge in [-0.2, -0.15) is 0 Å². The van der Waals surface area contributed by atoms with E-state index < -0.39 is 19.9 Å². The average Bonchev–Trinajstić information content (AvgIpc) is 2.35. The summed E-state index contributed by atoms with van der Waals surface area (Å²) in [5, 5.41) is 8.91. The van der Waals surface area contributed by atoms with E-state index in [1.807, 2.05) is 0 Å². The fourth-order valence-electron chi connectivity index (χ4n) is 1.50. The second kappa shape index (κ2) is 6.66. The topological polar surface area (TPSA) is 91.8 Å². The molecular weight excluding hydrogens is 302 g/mol. The Bertz CT molecular complexity index is 635. The van der Waals surface area contributed by atoms with Gasteiger partial charge in [-0.3, -0.25) is 0 Å². The van der Waals surface area contributed by atoms with E-state index in [0.717, 1.165) is 10.6 Å². The number of sulfonamides is 1. The molecular formula is C12H19NO5S2. The first-order valence-electron chi connectivity index (χ1n) is 5.94. The number of hydrogen-bond donors (Lipinski definition) is 1. The Kier molecular flexibility index (Phi) is 5.69. The Hall–Kier alpha value is -0.960. The zero-order chi connectivity index (χ0) is 15.4. The van der Waals surface area contributed by atoms with Crippen molar-refractivity contribution >= 4 is 19.9 Å². The molecule has 0 heterocycles. The van der Waals surface area contributed by atoms with Gasteiger partial charge in [-0.05, 0) is 11.1 Å². The van der Waals surface area contributed by atoms with Crippen LogP contribution >= 0.6 is 0 Å². The van der Waals surface area contributed by atoms with E-state index in [1.54, 1.807) is 24.3 Å². The third-order valence-electron chi connectivity index (χ3n) is 2.81. The number of aliphatic hydroxyl groups is 1. The van der Waals surface area contributed by atoms with E-state index in [9.17, 15) is 16.8 Å². The molecule has 0 amide bonds. The Morgan fingerprint density at radius 2 is 1.55 bits per heavy atom. The van der Waals surface area contributed by atoms with Crippen LogP contribution in [-0.4, -0.2) is 51.8 Å². The molecule has 1 aromatic rings. The van der Waals surface area contributed by atoms with Crippen LogP contribution in [0, 0.1) is 0 Å². The molecule has 0 aliphatic rings. The highest BCUT2D eigenvalue weighted by Crippen LogP contribution is 2.11. The van der Waals surface area contributed by atoms with Crippen molar-refractivity contribution in [2.45, 2.75) is 12.4 Å². The van der Waals surface area contributed by atoms with Crippen LogP contribution in [0.15, 0.2) is 24.3 Å². The van der Waals surface area contributed by atoms with Crippen LogP contribution in [0.2, 0.25) is 0 Å². The third kappa shape index (κ3) is 5.58. The van der Waals surface area contributed by atoms with Crippen molar-refractivity contribution < 1.29 is 21.9 Å². The molecule has 0 bridgehead atoms. The summed E-state index contributed by atoms with van der Waals surface area (Å²) in [6, 6.07) is 6.57. The Morgan fingerprint density at radius 1 is 1.05 bits per heavy atom. The summed E-state index contributed by atoms with van der Waals surface area (Å²) < 4.78 is 47.2. The Morgan fingerprint density at radius 3 is 2.00 bits per heavy atom. The first-order valence-corrected chi connectivity index (χ1v) is 9.61. The molecule has 1 rings (SSSR count). The zero-order valence-corrected chi connectivity index (χ0v) is 13.1. The minimum Gasteiger partial charge on any atom is -0.392 e. The highest BCUT2D eigenvalue weighted by Gasteiger charge is 2.19. The van der Waals surface area contributed by atoms with E-state index in [4.69, 9.17) is 5.11 Å². The van der Waals surface area contributed by atoms with Crippen molar-refractivity contribution in [3.05, 3.63) is 35.4 Å². The molecule has 0 aliphatic carbocycles. The first-order chi connectivity index (χ1) is 9.14. The van der Waals surface area contributed by atoms with Crippen molar-refractivity contribution in [2.24, 2.45) is 0 Å². The van der Waals surface area contributed by atoms with Crippen molar-refractivity contribution in [3.8, 4) is 0 Å². The lowest BCUT2D eigenvalue weighted by atomic mass is 10.2. The van der Waals surface area contributed by atoms with Crippen LogP contribution in [0.3, 0.4) is 0 Å². The number of aliphatic hydroxyl groups excluding tert-OH is 1. The fraction of sp³-hybridized carbons (Fsp3) is 0.500. The largest absolute Gasteiger partial charge is 0.392 e. The van der Waals surface area contributed by atoms with E-state index in [-0.39, 0.29) is 24.7 Å². The zero-order valence-electron chi connectivity index (χ0n) is 11.5. The van der Waals surface area contributed by atoms with E-state index in [0.29, 0.717) is 11.1 Å². The number of rotatable bonds is 7. The predicted octanol–water partition coefficient (Wildman–Crippen LogP) is -0.0149. The summed E-state index contributed by atoms with van der Waals surface area (Å²) in [6.07, 6.45) is 1.07. The molecule has 0 atom stereocenters. The Balaban J connectivity index is 2.72. The summed E-state index contributed by atoms with van der Waals surface area (Å²) in [4.78, 5) is 0. The highest BCUT2D eigenvalue weighted by molar-refractivity contribution is 7.90. The maximum atomic E-state index is 12.1. The second-order valence-corrected chi connectivity index (χ2v) is 9.02. The summed E-state index contributed by atoms with van der Waals surface area (Å²) in [6.45, 7) is -0.156. The van der Waals surface area contributed by atoms with Gasteiger partial charge in [0.2, 0.25) is 10.0 Å². The van der Waals surface area contributed by atoms with Gasteiger partial charge < -0.3 is 5.11 Å². The van der Waals surface area contributed by atoms with Crippen LogP contribution in [0.25, 0.3) is 0 Å². The van der Waals surface area contributed by atoms with Gasteiger partial charge in [0.05, 0.1) is 18.1 Å². The highest BCUT2D eigenvalue weighted by atomic mass is 32.2. The molecule has 8 heteroatoms. The van der Waals surface area contributed by atoms with E-state index in [2.05, 4.69) is 0 Å². The number of hydrogen-bond acceptors (Lipinski definition) is 5. The smallest absolute Gasteiger partial charge is 0.218 e. The standard InChI is InChI=1S/C12H19NO5S2/c1-13(7-8-19(2,15)16)20(17,18)10-12-5-3-11(9-14)4-6-12/h3-6,14H,7-10H2,1-2H3. The lowest BCUT2D eigenvalue weighted by Crippen LogP contribution is -2.32. The number of benzene rings is 1. The number of sulfone groups is 1. The predicted molar refractivity (Wildman–Crippen MR) is 77.3 cm³/mol. The maximum Gasteiger partial charge on any atom is 0.218 e. The van der Waals surface area contributed by atoms with E-state index in [1.165, 1.54) is 7.05 Å². The molecule has 1 aromatic carbocycles. The Labute approximate surface area is 120 Å². The summed E-state index contributed by atoms with van der Waals surface area (Å²) in [5.74, 6) is -0.398. The van der Waals surface area contributed by atoms with Crippen LogP contribution < -0.4 is 0 Å². The van der Waals surface area contributed by atoms with Gasteiger partial charge in [-0.1, -0.05) is 24.3 Å². The summed E-state index contributed by atoms with van der Waals surface area (Å²) in [5.41, 5.74) is 1.30. The van der Waals surface area contributed by atoms with Crippen molar-refractivity contribution in [3.63, 3.8) is 0 Å². The normalized spacial score (nSPS) is 12.8. The molecule has 0 fully saturated rings. The molecule has 20 heavy (non-hydrogen) atoms. The van der Waals surface area contributed by atoms with Gasteiger partial charge >= 0.3 is 0 Å². The van der Waals surface area contributed by atoms with Crippen LogP contribution in [0.5, 0.6) is 0 Å². The number of nitrogens with zero attached hydrogens (tertiary/aromatic N) is 1. The minimum absolute atomic E-state index is 0.0596. The van der Waals surface area contributed by atoms with Crippen LogP contribution in [0.4, 0.5) is 0 Å². The molecule has 0 unspecified atom stereocenters. The minimum atomic E-state index is -3.55. The van der Waals surface area contributed by atoms with Gasteiger partial charge in [-0.15, -0.1) is 0 Å². The summed E-state index contributed by atoms with van der Waals surface area (Å²) >= 11 is 0. The van der Waals surface area contributed by atoms with Gasteiger partial charge in [0.15, 0.2) is 0 Å². The summed E-state index contributed by atoms with van der Waals surface area (Å²) in [7, 11) is -5.38. The van der Waals surface area contributed by atoms with Crippen molar-refractivity contribution in [2.75, 3.05) is 25.6 Å². The molecule has 0 aromatic heterocycles. The van der Waals surface area contributed by atoms with Crippen molar-refractivity contribution in [1.29, 1.82) is 0 Å². The molecule has 0 saturated carbocycles. The lowest BCUT2D eigenvalue weighted by molar-refractivity contribution is 0.282. The molecule has 0 aliphatic heterocycles. The van der Waals surface area contributed by atoms with Gasteiger partial charge in [0.1, 0.15) is 9.84 Å². The van der Waals surface area contributed by atoms with Gasteiger partial charge in [0, 0.05) is 19.8 Å². The molecule has 114 valence electrons. The quantitative estimate of drug-likeness (QED) is 0.762. The molecule has 0 radical (unpaired) electrons. The molecule has 0 spiro atoms. The molecule has 1 N–H and O–H groups in total. The second-order valence-electron chi connectivity index (χ2n) is 4.68. The van der Waals surface area contributed by atoms with E-state index >= 15 is 0 Å².